The van der Waals surface area contributed by atoms with E-state index in [1.54, 1.807) is 6.08 Å². The summed E-state index contributed by atoms with van der Waals surface area (Å²) < 4.78 is 0. The van der Waals surface area contributed by atoms with Gasteiger partial charge in [-0.25, -0.2) is 0 Å². The maximum Gasteiger partial charge on any atom is 0.155 e. The molecular formula is C8H15NO. The first-order valence-corrected chi connectivity index (χ1v) is 3.65. The van der Waals surface area contributed by atoms with Crippen LogP contribution in [0.25, 0.3) is 0 Å². The number of allylic oxidation sites excluding steroid dienone is 1. The molecule has 0 atom stereocenters. The van der Waals surface area contributed by atoms with E-state index in [-0.39, 0.29) is 5.78 Å². The fraction of sp³-hybridized carbons (Fsp3) is 0.625. The Labute approximate surface area is 62.3 Å². The molecule has 0 aliphatic carbocycles. The summed E-state index contributed by atoms with van der Waals surface area (Å²) in [5, 5.41) is 3.00. The molecule has 10 heavy (non-hydrogen) atoms. The van der Waals surface area contributed by atoms with Crippen LogP contribution in [0.15, 0.2) is 12.2 Å². The first-order chi connectivity index (χ1) is 4.81. The van der Waals surface area contributed by atoms with Gasteiger partial charge in [-0.3, -0.25) is 4.79 Å². The van der Waals surface area contributed by atoms with E-state index in [0.717, 1.165) is 13.0 Å². The predicted octanol–water partition coefficient (Wildman–Crippen LogP) is 1.13. The van der Waals surface area contributed by atoms with E-state index in [4.69, 9.17) is 0 Å². The van der Waals surface area contributed by atoms with Crippen LogP contribution in [0.1, 0.15) is 19.8 Å². The van der Waals surface area contributed by atoms with Crippen molar-refractivity contribution in [3.63, 3.8) is 0 Å². The van der Waals surface area contributed by atoms with E-state index in [1.807, 2.05) is 20.0 Å². The minimum Gasteiger partial charge on any atom is -0.319 e. The second-order valence-corrected chi connectivity index (χ2v) is 2.11. The number of hydrogen-bond acceptors (Lipinski definition) is 2. The molecule has 0 unspecified atom stereocenters. The number of rotatable bonds is 5. The van der Waals surface area contributed by atoms with E-state index in [2.05, 4.69) is 5.32 Å². The molecule has 0 aromatic carbocycles. The predicted molar refractivity (Wildman–Crippen MR) is 43.0 cm³/mol. The summed E-state index contributed by atoms with van der Waals surface area (Å²) in [7, 11) is 1.90. The third-order valence-electron chi connectivity index (χ3n) is 1.21. The maximum absolute atomic E-state index is 10.7. The van der Waals surface area contributed by atoms with E-state index in [1.165, 1.54) is 0 Å². The van der Waals surface area contributed by atoms with Crippen LogP contribution in [-0.2, 0) is 4.79 Å². The van der Waals surface area contributed by atoms with Crippen molar-refractivity contribution in [3.8, 4) is 0 Å². The molecular weight excluding hydrogens is 126 g/mol. The molecule has 0 fully saturated rings. The molecule has 0 aromatic heterocycles. The van der Waals surface area contributed by atoms with Crippen LogP contribution in [-0.4, -0.2) is 19.4 Å². The van der Waals surface area contributed by atoms with Crippen molar-refractivity contribution in [2.45, 2.75) is 19.8 Å². The van der Waals surface area contributed by atoms with Gasteiger partial charge in [0.2, 0.25) is 0 Å². The monoisotopic (exact) mass is 141 g/mol. The van der Waals surface area contributed by atoms with E-state index in [0.29, 0.717) is 6.42 Å². The maximum atomic E-state index is 10.7. The summed E-state index contributed by atoms with van der Waals surface area (Å²) in [6.07, 6.45) is 5.10. The van der Waals surface area contributed by atoms with E-state index in [9.17, 15) is 4.79 Å². The van der Waals surface area contributed by atoms with Gasteiger partial charge in [-0.2, -0.15) is 0 Å². The van der Waals surface area contributed by atoms with Crippen LogP contribution in [0, 0.1) is 0 Å². The molecule has 2 nitrogen and oxygen atoms in total. The summed E-state index contributed by atoms with van der Waals surface area (Å²) >= 11 is 0. The largest absolute Gasteiger partial charge is 0.319 e. The number of ketones is 1. The number of carbonyl (C=O) groups is 1. The fourth-order valence-electron chi connectivity index (χ4n) is 0.560. The first-order valence-electron chi connectivity index (χ1n) is 3.65. The summed E-state index contributed by atoms with van der Waals surface area (Å²) in [4.78, 5) is 10.7. The van der Waals surface area contributed by atoms with Crippen molar-refractivity contribution in [2.24, 2.45) is 0 Å². The third kappa shape index (κ3) is 5.51. The third-order valence-corrected chi connectivity index (χ3v) is 1.21. The lowest BCUT2D eigenvalue weighted by Crippen LogP contribution is -2.05. The average molecular weight is 141 g/mol. The molecule has 1 N–H and O–H groups in total. The van der Waals surface area contributed by atoms with Gasteiger partial charge in [-0.15, -0.1) is 0 Å². The van der Waals surface area contributed by atoms with Crippen molar-refractivity contribution < 1.29 is 4.79 Å². The van der Waals surface area contributed by atoms with Gasteiger partial charge < -0.3 is 5.32 Å². The smallest absolute Gasteiger partial charge is 0.155 e. The molecule has 0 saturated heterocycles. The lowest BCUT2D eigenvalue weighted by molar-refractivity contribution is -0.114. The first kappa shape index (κ1) is 9.37. The molecule has 0 amide bonds. The molecule has 0 saturated carbocycles. The average Bonchev–Trinajstić information content (AvgIpc) is 1.98. The van der Waals surface area contributed by atoms with Gasteiger partial charge in [-0.1, -0.05) is 13.0 Å². The van der Waals surface area contributed by atoms with Crippen LogP contribution in [0.3, 0.4) is 0 Å². The molecule has 58 valence electrons. The van der Waals surface area contributed by atoms with Gasteiger partial charge in [0.15, 0.2) is 5.78 Å². The molecule has 0 aromatic rings. The lowest BCUT2D eigenvalue weighted by Gasteiger charge is -1.89. The highest BCUT2D eigenvalue weighted by molar-refractivity contribution is 5.89. The Morgan fingerprint density at radius 3 is 2.80 bits per heavy atom. The van der Waals surface area contributed by atoms with Crippen LogP contribution >= 0.6 is 0 Å². The normalized spacial score (nSPS) is 10.6. The summed E-state index contributed by atoms with van der Waals surface area (Å²) in [6, 6.07) is 0. The zero-order chi connectivity index (χ0) is 7.82. The van der Waals surface area contributed by atoms with Gasteiger partial charge in [0.25, 0.3) is 0 Å². The highest BCUT2D eigenvalue weighted by Crippen LogP contribution is 1.85. The van der Waals surface area contributed by atoms with Gasteiger partial charge >= 0.3 is 0 Å². The van der Waals surface area contributed by atoms with Crippen LogP contribution in [0.5, 0.6) is 0 Å². The number of hydrogen-bond donors (Lipinski definition) is 1. The Hall–Kier alpha value is -0.630. The van der Waals surface area contributed by atoms with E-state index >= 15 is 0 Å². The van der Waals surface area contributed by atoms with Crippen LogP contribution in [0.4, 0.5) is 0 Å². The molecule has 0 radical (unpaired) electrons. The second-order valence-electron chi connectivity index (χ2n) is 2.11. The van der Waals surface area contributed by atoms with Gasteiger partial charge in [0, 0.05) is 6.42 Å². The zero-order valence-electron chi connectivity index (χ0n) is 6.68. The Morgan fingerprint density at radius 1 is 1.60 bits per heavy atom. The van der Waals surface area contributed by atoms with Crippen molar-refractivity contribution in [1.82, 2.24) is 5.32 Å². The molecule has 0 bridgehead atoms. The van der Waals surface area contributed by atoms with Crippen LogP contribution < -0.4 is 5.32 Å². The molecule has 2 heteroatoms. The van der Waals surface area contributed by atoms with Crippen molar-refractivity contribution in [3.05, 3.63) is 12.2 Å². The number of nitrogens with one attached hydrogen (secondary N) is 1. The van der Waals surface area contributed by atoms with Crippen molar-refractivity contribution in [2.75, 3.05) is 13.6 Å². The zero-order valence-corrected chi connectivity index (χ0v) is 6.68. The van der Waals surface area contributed by atoms with Gasteiger partial charge in [0.1, 0.15) is 0 Å². The molecule has 0 heterocycles. The van der Waals surface area contributed by atoms with Gasteiger partial charge in [0.05, 0.1) is 0 Å². The van der Waals surface area contributed by atoms with Crippen molar-refractivity contribution >= 4 is 5.78 Å². The Kier molecular flexibility index (Phi) is 6.08. The quantitative estimate of drug-likeness (QED) is 0.459. The topological polar surface area (TPSA) is 29.1 Å². The Balaban J connectivity index is 3.27. The molecule has 0 spiro atoms. The van der Waals surface area contributed by atoms with Crippen molar-refractivity contribution in [1.29, 1.82) is 0 Å². The van der Waals surface area contributed by atoms with E-state index < -0.39 is 0 Å². The summed E-state index contributed by atoms with van der Waals surface area (Å²) in [5.41, 5.74) is 0. The second kappa shape index (κ2) is 6.49. The molecule has 0 aliphatic rings. The highest BCUT2D eigenvalue weighted by atomic mass is 16.1. The lowest BCUT2D eigenvalue weighted by atomic mass is 10.2. The van der Waals surface area contributed by atoms with Crippen LogP contribution in [0.2, 0.25) is 0 Å². The minimum atomic E-state index is 0.205. The Morgan fingerprint density at radius 2 is 2.30 bits per heavy atom. The molecule has 0 aliphatic heterocycles. The summed E-state index contributed by atoms with van der Waals surface area (Å²) in [6.45, 7) is 2.80. The Bertz CT molecular complexity index is 118. The SMILES string of the molecule is CCC(=O)/C=C/CCNC. The van der Waals surface area contributed by atoms with Gasteiger partial charge in [-0.05, 0) is 26.1 Å². The summed E-state index contributed by atoms with van der Waals surface area (Å²) in [5.74, 6) is 0.205. The number of carbonyl (C=O) groups excluding carboxylic acids is 1. The fourth-order valence-corrected chi connectivity index (χ4v) is 0.560. The minimum absolute atomic E-state index is 0.205. The standard InChI is InChI=1S/C8H15NO/c1-3-8(10)6-4-5-7-9-2/h4,6,9H,3,5,7H2,1-2H3/b6-4+. The highest BCUT2D eigenvalue weighted by Gasteiger charge is 1.86. The molecule has 0 rings (SSSR count).